The Balaban J connectivity index is 2.67. The SMILES string of the molecule is O=C(O)c1cn[nH]c1S(=O)(=O)NCCCC(F)(F)F. The second kappa shape index (κ2) is 5.57. The lowest BCUT2D eigenvalue weighted by atomic mass is 10.3. The quantitative estimate of drug-likeness (QED) is 0.670. The van der Waals surface area contributed by atoms with Crippen LogP contribution in [-0.4, -0.2) is 42.4 Å². The first kappa shape index (κ1) is 15.4. The molecule has 0 aromatic carbocycles. The number of aromatic amines is 1. The summed E-state index contributed by atoms with van der Waals surface area (Å²) in [5.74, 6) is -1.51. The lowest BCUT2D eigenvalue weighted by Gasteiger charge is -2.07. The van der Waals surface area contributed by atoms with Crippen LogP contribution in [0.5, 0.6) is 0 Å². The van der Waals surface area contributed by atoms with Crippen LogP contribution in [0.15, 0.2) is 11.2 Å². The molecule has 0 saturated heterocycles. The first-order valence-electron chi connectivity index (χ1n) is 4.96. The number of sulfonamides is 1. The molecular weight excluding hydrogens is 291 g/mol. The Bertz CT molecular complexity index is 552. The van der Waals surface area contributed by atoms with Crippen LogP contribution in [0.3, 0.4) is 0 Å². The number of carbonyl (C=O) groups is 1. The van der Waals surface area contributed by atoms with Crippen molar-refractivity contribution >= 4 is 16.0 Å². The van der Waals surface area contributed by atoms with E-state index >= 15 is 0 Å². The molecule has 0 fully saturated rings. The zero-order valence-electron chi connectivity index (χ0n) is 9.36. The number of hydrogen-bond acceptors (Lipinski definition) is 4. The molecule has 0 spiro atoms. The first-order chi connectivity index (χ1) is 8.63. The van der Waals surface area contributed by atoms with Crippen LogP contribution in [0.2, 0.25) is 0 Å². The van der Waals surface area contributed by atoms with Gasteiger partial charge in [0.1, 0.15) is 5.56 Å². The van der Waals surface area contributed by atoms with Crippen LogP contribution in [0.25, 0.3) is 0 Å². The van der Waals surface area contributed by atoms with Crippen LogP contribution in [0, 0.1) is 0 Å². The molecular formula is C8H10F3N3O4S. The summed E-state index contributed by atoms with van der Waals surface area (Å²) in [6.45, 7) is -0.458. The average molecular weight is 301 g/mol. The number of nitrogens with zero attached hydrogens (tertiary/aromatic N) is 1. The van der Waals surface area contributed by atoms with Gasteiger partial charge in [0.25, 0.3) is 10.0 Å². The van der Waals surface area contributed by atoms with Crippen molar-refractivity contribution in [2.24, 2.45) is 0 Å². The maximum absolute atomic E-state index is 11.8. The largest absolute Gasteiger partial charge is 0.478 e. The van der Waals surface area contributed by atoms with Gasteiger partial charge in [-0.15, -0.1) is 0 Å². The summed E-state index contributed by atoms with van der Waals surface area (Å²) in [5, 5.41) is 13.3. The van der Waals surface area contributed by atoms with Crippen molar-refractivity contribution < 1.29 is 31.5 Å². The fourth-order valence-corrected chi connectivity index (χ4v) is 2.36. The number of halogens is 3. The zero-order chi connectivity index (χ0) is 14.7. The highest BCUT2D eigenvalue weighted by Gasteiger charge is 2.27. The predicted molar refractivity (Wildman–Crippen MR) is 56.0 cm³/mol. The van der Waals surface area contributed by atoms with E-state index in [0.29, 0.717) is 0 Å². The second-order valence-electron chi connectivity index (χ2n) is 3.53. The second-order valence-corrected chi connectivity index (χ2v) is 5.24. The minimum Gasteiger partial charge on any atom is -0.478 e. The summed E-state index contributed by atoms with van der Waals surface area (Å²) in [6.07, 6.45) is -5.15. The number of alkyl halides is 3. The summed E-state index contributed by atoms with van der Waals surface area (Å²) < 4.78 is 60.6. The van der Waals surface area contributed by atoms with E-state index in [-0.39, 0.29) is 0 Å². The fraction of sp³-hybridized carbons (Fsp3) is 0.500. The molecule has 7 nitrogen and oxygen atoms in total. The Morgan fingerprint density at radius 2 is 2.11 bits per heavy atom. The van der Waals surface area contributed by atoms with Crippen molar-refractivity contribution in [3.63, 3.8) is 0 Å². The molecule has 108 valence electrons. The Hall–Kier alpha value is -1.62. The summed E-state index contributed by atoms with van der Waals surface area (Å²) >= 11 is 0. The summed E-state index contributed by atoms with van der Waals surface area (Å²) in [7, 11) is -4.23. The minimum absolute atomic E-state index is 0.445. The molecule has 0 atom stereocenters. The molecule has 1 aromatic rings. The molecule has 0 aliphatic heterocycles. The van der Waals surface area contributed by atoms with Gasteiger partial charge in [-0.1, -0.05) is 0 Å². The van der Waals surface area contributed by atoms with E-state index in [1.54, 1.807) is 0 Å². The van der Waals surface area contributed by atoms with Crippen molar-refractivity contribution in [1.29, 1.82) is 0 Å². The van der Waals surface area contributed by atoms with Gasteiger partial charge in [0.05, 0.1) is 6.20 Å². The third-order valence-corrected chi connectivity index (χ3v) is 3.47. The van der Waals surface area contributed by atoms with Gasteiger partial charge in [-0.25, -0.2) is 17.9 Å². The van der Waals surface area contributed by atoms with Crippen molar-refractivity contribution in [3.05, 3.63) is 11.8 Å². The molecule has 0 aliphatic carbocycles. The highest BCUT2D eigenvalue weighted by Crippen LogP contribution is 2.21. The Morgan fingerprint density at radius 3 is 2.63 bits per heavy atom. The van der Waals surface area contributed by atoms with Gasteiger partial charge in [-0.2, -0.15) is 18.3 Å². The van der Waals surface area contributed by atoms with E-state index in [1.807, 2.05) is 9.82 Å². The lowest BCUT2D eigenvalue weighted by Crippen LogP contribution is -2.27. The molecule has 3 N–H and O–H groups in total. The zero-order valence-corrected chi connectivity index (χ0v) is 10.2. The molecule has 0 unspecified atom stereocenters. The van der Waals surface area contributed by atoms with Crippen LogP contribution >= 0.6 is 0 Å². The highest BCUT2D eigenvalue weighted by atomic mass is 32.2. The fourth-order valence-electron chi connectivity index (χ4n) is 1.20. The van der Waals surface area contributed by atoms with Crippen molar-refractivity contribution in [2.45, 2.75) is 24.0 Å². The van der Waals surface area contributed by atoms with Gasteiger partial charge in [0.15, 0.2) is 5.03 Å². The Labute approximate surface area is 105 Å². The summed E-state index contributed by atoms with van der Waals surface area (Å²) in [4.78, 5) is 10.7. The summed E-state index contributed by atoms with van der Waals surface area (Å²) in [5.41, 5.74) is -0.580. The van der Waals surface area contributed by atoms with E-state index < -0.39 is 52.1 Å². The van der Waals surface area contributed by atoms with Crippen molar-refractivity contribution in [3.8, 4) is 0 Å². The lowest BCUT2D eigenvalue weighted by molar-refractivity contribution is -0.135. The van der Waals surface area contributed by atoms with Gasteiger partial charge in [0, 0.05) is 13.0 Å². The minimum atomic E-state index is -4.37. The van der Waals surface area contributed by atoms with Crippen LogP contribution < -0.4 is 4.72 Å². The number of carboxylic acids is 1. The molecule has 0 aliphatic rings. The Kier molecular flexibility index (Phi) is 4.52. The average Bonchev–Trinajstić information content (AvgIpc) is 2.72. The molecule has 1 rings (SSSR count). The number of rotatable bonds is 6. The maximum atomic E-state index is 11.8. The normalized spacial score (nSPS) is 12.6. The van der Waals surface area contributed by atoms with E-state index in [2.05, 4.69) is 5.10 Å². The number of carboxylic acid groups (broad SMARTS) is 1. The van der Waals surface area contributed by atoms with Gasteiger partial charge in [-0.3, -0.25) is 5.10 Å². The van der Waals surface area contributed by atoms with E-state index in [1.165, 1.54) is 0 Å². The molecule has 1 heterocycles. The van der Waals surface area contributed by atoms with Crippen molar-refractivity contribution in [2.75, 3.05) is 6.54 Å². The number of H-pyrrole nitrogens is 1. The molecule has 11 heteroatoms. The van der Waals surface area contributed by atoms with E-state index in [4.69, 9.17) is 5.11 Å². The Morgan fingerprint density at radius 1 is 1.47 bits per heavy atom. The predicted octanol–water partition coefficient (Wildman–Crippen LogP) is 0.729. The number of nitrogens with one attached hydrogen (secondary N) is 2. The highest BCUT2D eigenvalue weighted by molar-refractivity contribution is 7.89. The standard InChI is InChI=1S/C8H10F3N3O4S/c9-8(10,11)2-1-3-13-19(17,18)6-5(7(15)16)4-12-14-6/h4,13H,1-3H2,(H,12,14)(H,15,16). The summed E-state index contributed by atoms with van der Waals surface area (Å²) in [6, 6.07) is 0. The monoisotopic (exact) mass is 301 g/mol. The van der Waals surface area contributed by atoms with Crippen LogP contribution in [0.1, 0.15) is 23.2 Å². The molecule has 0 saturated carbocycles. The van der Waals surface area contributed by atoms with Gasteiger partial charge >= 0.3 is 12.1 Å². The van der Waals surface area contributed by atoms with Gasteiger partial charge < -0.3 is 5.11 Å². The molecule has 19 heavy (non-hydrogen) atoms. The van der Waals surface area contributed by atoms with Crippen LogP contribution in [0.4, 0.5) is 13.2 Å². The number of aromatic carboxylic acids is 1. The smallest absolute Gasteiger partial charge is 0.389 e. The van der Waals surface area contributed by atoms with E-state index in [0.717, 1.165) is 6.20 Å². The van der Waals surface area contributed by atoms with Crippen molar-refractivity contribution in [1.82, 2.24) is 14.9 Å². The third kappa shape index (κ3) is 4.52. The third-order valence-electron chi connectivity index (χ3n) is 2.03. The topological polar surface area (TPSA) is 112 Å². The molecule has 1 aromatic heterocycles. The molecule has 0 amide bonds. The van der Waals surface area contributed by atoms with Gasteiger partial charge in [0.2, 0.25) is 0 Å². The number of hydrogen-bond donors (Lipinski definition) is 3. The van der Waals surface area contributed by atoms with E-state index in [9.17, 15) is 26.4 Å². The van der Waals surface area contributed by atoms with Crippen LogP contribution in [-0.2, 0) is 10.0 Å². The first-order valence-corrected chi connectivity index (χ1v) is 6.45. The van der Waals surface area contributed by atoms with Gasteiger partial charge in [-0.05, 0) is 6.42 Å². The molecule has 0 radical (unpaired) electrons. The maximum Gasteiger partial charge on any atom is 0.389 e. The number of aromatic nitrogens is 2. The molecule has 0 bridgehead atoms.